The van der Waals surface area contributed by atoms with Crippen LogP contribution in [0.15, 0.2) is 47.8 Å². The Kier molecular flexibility index (Phi) is 5.46. The molecule has 2 aromatic carbocycles. The Bertz CT molecular complexity index is 1060. The highest BCUT2D eigenvalue weighted by atomic mass is 32.1. The van der Waals surface area contributed by atoms with E-state index in [-0.39, 0.29) is 17.2 Å². The zero-order valence-corrected chi connectivity index (χ0v) is 15.9. The molecule has 28 heavy (non-hydrogen) atoms. The van der Waals surface area contributed by atoms with E-state index in [2.05, 4.69) is 15.6 Å². The van der Waals surface area contributed by atoms with Crippen molar-refractivity contribution in [2.75, 3.05) is 10.6 Å². The average molecular weight is 396 g/mol. The summed E-state index contributed by atoms with van der Waals surface area (Å²) in [6.45, 7) is 3.05. The van der Waals surface area contributed by atoms with Gasteiger partial charge in [0.25, 0.3) is 11.6 Å². The van der Waals surface area contributed by atoms with Crippen LogP contribution in [0.2, 0.25) is 0 Å². The highest BCUT2D eigenvalue weighted by Gasteiger charge is 2.16. The lowest BCUT2D eigenvalue weighted by Crippen LogP contribution is -2.12. The van der Waals surface area contributed by atoms with Gasteiger partial charge in [-0.05, 0) is 25.1 Å². The Morgan fingerprint density at radius 3 is 2.46 bits per heavy atom. The van der Waals surface area contributed by atoms with E-state index in [1.54, 1.807) is 24.4 Å². The van der Waals surface area contributed by atoms with Crippen LogP contribution in [0.1, 0.15) is 22.8 Å². The van der Waals surface area contributed by atoms with Crippen LogP contribution in [0.25, 0.3) is 11.3 Å². The molecule has 9 heteroatoms. The zero-order chi connectivity index (χ0) is 20.3. The fraction of sp³-hybridized carbons (Fsp3) is 0.105. The number of amides is 2. The quantitative estimate of drug-likeness (QED) is 0.495. The number of aryl methyl sites for hydroxylation is 1. The van der Waals surface area contributed by atoms with Gasteiger partial charge < -0.3 is 5.32 Å². The molecule has 0 unspecified atom stereocenters. The molecule has 3 rings (SSSR count). The summed E-state index contributed by atoms with van der Waals surface area (Å²) in [5.74, 6) is -0.618. The van der Waals surface area contributed by atoms with Crippen molar-refractivity contribution in [1.29, 1.82) is 0 Å². The molecule has 0 aliphatic heterocycles. The van der Waals surface area contributed by atoms with Gasteiger partial charge in [-0.1, -0.05) is 18.2 Å². The number of nitro benzene ring substituents is 1. The summed E-state index contributed by atoms with van der Waals surface area (Å²) in [5, 5.41) is 18.6. The van der Waals surface area contributed by atoms with Crippen LogP contribution in [0.4, 0.5) is 16.5 Å². The van der Waals surface area contributed by atoms with Gasteiger partial charge in [0, 0.05) is 40.7 Å². The predicted octanol–water partition coefficient (Wildman–Crippen LogP) is 4.24. The van der Waals surface area contributed by atoms with Gasteiger partial charge in [0.2, 0.25) is 5.91 Å². The minimum absolute atomic E-state index is 0.105. The second-order valence-electron chi connectivity index (χ2n) is 6.01. The summed E-state index contributed by atoms with van der Waals surface area (Å²) in [4.78, 5) is 38.4. The van der Waals surface area contributed by atoms with Crippen molar-refractivity contribution in [2.24, 2.45) is 0 Å². The molecule has 2 amide bonds. The van der Waals surface area contributed by atoms with E-state index in [1.807, 2.05) is 12.1 Å². The van der Waals surface area contributed by atoms with Crippen LogP contribution in [-0.2, 0) is 4.79 Å². The number of thiazole rings is 1. The Labute approximate surface area is 164 Å². The van der Waals surface area contributed by atoms with Crippen LogP contribution in [0.3, 0.4) is 0 Å². The maximum Gasteiger partial charge on any atom is 0.273 e. The number of hydrogen-bond donors (Lipinski definition) is 2. The standard InChI is InChI=1S/C19H16N4O4S/c1-11-3-4-14(9-17(11)23(26)27)18(25)22-19-21-16(10-28-19)13-5-7-15(8-6-13)20-12(2)24/h3-10H,1-2H3,(H,20,24)(H,21,22,25). The molecule has 1 aromatic heterocycles. The minimum Gasteiger partial charge on any atom is -0.326 e. The van der Waals surface area contributed by atoms with E-state index in [0.29, 0.717) is 22.1 Å². The first-order valence-electron chi connectivity index (χ1n) is 8.23. The lowest BCUT2D eigenvalue weighted by molar-refractivity contribution is -0.385. The summed E-state index contributed by atoms with van der Waals surface area (Å²) in [5.41, 5.74) is 2.75. The van der Waals surface area contributed by atoms with Crippen molar-refractivity contribution in [3.8, 4) is 11.3 Å². The summed E-state index contributed by atoms with van der Waals surface area (Å²) in [6.07, 6.45) is 0. The molecule has 2 N–H and O–H groups in total. The van der Waals surface area contributed by atoms with Gasteiger partial charge in [0.05, 0.1) is 10.6 Å². The molecule has 3 aromatic rings. The van der Waals surface area contributed by atoms with Crippen LogP contribution in [0.5, 0.6) is 0 Å². The number of anilines is 2. The second-order valence-corrected chi connectivity index (χ2v) is 6.87. The van der Waals surface area contributed by atoms with Gasteiger partial charge in [-0.2, -0.15) is 0 Å². The average Bonchev–Trinajstić information content (AvgIpc) is 3.10. The third kappa shape index (κ3) is 4.38. The maximum absolute atomic E-state index is 12.4. The fourth-order valence-corrected chi connectivity index (χ4v) is 3.22. The summed E-state index contributed by atoms with van der Waals surface area (Å²) >= 11 is 1.25. The Morgan fingerprint density at radius 2 is 1.82 bits per heavy atom. The first-order valence-corrected chi connectivity index (χ1v) is 9.11. The lowest BCUT2D eigenvalue weighted by Gasteiger charge is -2.04. The van der Waals surface area contributed by atoms with Crippen LogP contribution in [0, 0.1) is 17.0 Å². The zero-order valence-electron chi connectivity index (χ0n) is 15.1. The van der Waals surface area contributed by atoms with Gasteiger partial charge in [0.1, 0.15) is 0 Å². The molecule has 0 spiro atoms. The maximum atomic E-state index is 12.4. The molecular formula is C19H16N4O4S. The van der Waals surface area contributed by atoms with E-state index in [1.165, 1.54) is 36.5 Å². The van der Waals surface area contributed by atoms with Gasteiger partial charge in [-0.3, -0.25) is 25.0 Å². The summed E-state index contributed by atoms with van der Waals surface area (Å²) in [6, 6.07) is 11.5. The molecule has 0 atom stereocenters. The van der Waals surface area contributed by atoms with Crippen molar-refractivity contribution in [3.63, 3.8) is 0 Å². The molecule has 0 radical (unpaired) electrons. The third-order valence-electron chi connectivity index (χ3n) is 3.89. The largest absolute Gasteiger partial charge is 0.326 e. The number of nitro groups is 1. The van der Waals surface area contributed by atoms with Gasteiger partial charge in [-0.15, -0.1) is 11.3 Å². The topological polar surface area (TPSA) is 114 Å². The van der Waals surface area contributed by atoms with Crippen molar-refractivity contribution < 1.29 is 14.5 Å². The Morgan fingerprint density at radius 1 is 1.11 bits per heavy atom. The molecule has 0 saturated heterocycles. The number of carbonyl (C=O) groups is 2. The molecular weight excluding hydrogens is 380 g/mol. The van der Waals surface area contributed by atoms with E-state index < -0.39 is 10.8 Å². The van der Waals surface area contributed by atoms with Crippen molar-refractivity contribution in [1.82, 2.24) is 4.98 Å². The molecule has 8 nitrogen and oxygen atoms in total. The number of aromatic nitrogens is 1. The number of rotatable bonds is 5. The van der Waals surface area contributed by atoms with Crippen molar-refractivity contribution >= 4 is 39.7 Å². The number of nitrogens with zero attached hydrogens (tertiary/aromatic N) is 2. The smallest absolute Gasteiger partial charge is 0.273 e. The van der Waals surface area contributed by atoms with E-state index in [4.69, 9.17) is 0 Å². The van der Waals surface area contributed by atoms with Crippen molar-refractivity contribution in [2.45, 2.75) is 13.8 Å². The molecule has 0 bridgehead atoms. The highest BCUT2D eigenvalue weighted by Crippen LogP contribution is 2.27. The molecule has 1 heterocycles. The number of benzene rings is 2. The lowest BCUT2D eigenvalue weighted by atomic mass is 10.1. The third-order valence-corrected chi connectivity index (χ3v) is 4.65. The van der Waals surface area contributed by atoms with Gasteiger partial charge in [-0.25, -0.2) is 4.98 Å². The van der Waals surface area contributed by atoms with E-state index >= 15 is 0 Å². The van der Waals surface area contributed by atoms with Gasteiger partial charge >= 0.3 is 0 Å². The van der Waals surface area contributed by atoms with Crippen LogP contribution < -0.4 is 10.6 Å². The summed E-state index contributed by atoms with van der Waals surface area (Å²) < 4.78 is 0. The molecule has 0 saturated carbocycles. The Balaban J connectivity index is 1.74. The molecule has 0 aliphatic rings. The molecule has 142 valence electrons. The highest BCUT2D eigenvalue weighted by molar-refractivity contribution is 7.14. The molecule has 0 aliphatic carbocycles. The predicted molar refractivity (Wildman–Crippen MR) is 108 cm³/mol. The van der Waals surface area contributed by atoms with Crippen LogP contribution >= 0.6 is 11.3 Å². The molecule has 0 fully saturated rings. The van der Waals surface area contributed by atoms with E-state index in [0.717, 1.165) is 5.56 Å². The summed E-state index contributed by atoms with van der Waals surface area (Å²) in [7, 11) is 0. The fourth-order valence-electron chi connectivity index (χ4n) is 2.51. The normalized spacial score (nSPS) is 10.4. The van der Waals surface area contributed by atoms with Crippen LogP contribution in [-0.4, -0.2) is 21.7 Å². The minimum atomic E-state index is -0.516. The SMILES string of the molecule is CC(=O)Nc1ccc(-c2csc(NC(=O)c3ccc(C)c([N+](=O)[O-])c3)n2)cc1. The second kappa shape index (κ2) is 7.97. The number of hydrogen-bond acceptors (Lipinski definition) is 6. The van der Waals surface area contributed by atoms with Crippen molar-refractivity contribution in [3.05, 3.63) is 69.1 Å². The first kappa shape index (κ1) is 19.2. The van der Waals surface area contributed by atoms with E-state index in [9.17, 15) is 19.7 Å². The first-order chi connectivity index (χ1) is 13.3. The Hall–Kier alpha value is -3.59. The number of nitrogens with one attached hydrogen (secondary N) is 2. The van der Waals surface area contributed by atoms with Gasteiger partial charge in [0.15, 0.2) is 5.13 Å². The number of carbonyl (C=O) groups excluding carboxylic acids is 2. The monoisotopic (exact) mass is 396 g/mol.